The summed E-state index contributed by atoms with van der Waals surface area (Å²) in [5.41, 5.74) is 0. The van der Waals surface area contributed by atoms with Gasteiger partial charge in [-0.05, 0) is 45.4 Å². The first kappa shape index (κ1) is 123. The molecule has 46 heteroatoms. The van der Waals surface area contributed by atoms with Gasteiger partial charge in [-0.25, -0.2) is 14.4 Å². The van der Waals surface area contributed by atoms with Gasteiger partial charge in [-0.1, -0.05) is 187 Å². The van der Waals surface area contributed by atoms with Crippen LogP contribution < -0.4 is 21.3 Å². The number of carboxylic acids is 3. The Hall–Kier alpha value is -5.54. The summed E-state index contributed by atoms with van der Waals surface area (Å²) >= 11 is 0. The third kappa shape index (κ3) is 36.5. The summed E-state index contributed by atoms with van der Waals surface area (Å²) < 4.78 is 72.1. The average Bonchev–Trinajstić information content (AvgIpc) is 0.752. The van der Waals surface area contributed by atoms with Crippen LogP contribution >= 0.6 is 0 Å². The number of carboxylic acid groups (broad SMARTS) is 3. The lowest BCUT2D eigenvalue weighted by atomic mass is 9.86. The number of aliphatic hydroxyl groups is 19. The van der Waals surface area contributed by atoms with E-state index in [2.05, 4.69) is 47.3 Å². The molecule has 3 unspecified atom stereocenters. The smallest absolute Gasteiger partial charge is 0.364 e. The monoisotopic (exact) mass is 2020 g/mol. The molecule has 0 radical (unpaired) electrons. The van der Waals surface area contributed by atoms with Crippen LogP contribution in [0.2, 0.25) is 0 Å². The molecule has 0 spiro atoms. The molecule has 35 atom stereocenters. The normalized spacial score (nSPS) is 33.4. The molecular weight excluding hydrogens is 1860 g/mol. The fourth-order valence-electron chi connectivity index (χ4n) is 19.0. The Labute approximate surface area is 816 Å². The van der Waals surface area contributed by atoms with Gasteiger partial charge >= 0.3 is 17.9 Å². The second-order valence-corrected chi connectivity index (χ2v) is 38.2. The number of hydrogen-bond donors (Lipinski definition) is 26. The molecule has 6 heterocycles. The van der Waals surface area contributed by atoms with E-state index in [1.165, 1.54) is 77.0 Å². The minimum absolute atomic E-state index is 0.101. The van der Waals surface area contributed by atoms with Crippen molar-refractivity contribution in [3.05, 3.63) is 12.2 Å². The van der Waals surface area contributed by atoms with Crippen LogP contribution in [0.3, 0.4) is 0 Å². The minimum Gasteiger partial charge on any atom is -0.477 e. The second-order valence-electron chi connectivity index (χ2n) is 38.2. The highest BCUT2D eigenvalue weighted by atomic mass is 16.8. The summed E-state index contributed by atoms with van der Waals surface area (Å²) in [6, 6.07) is -7.20. The molecule has 6 saturated heterocycles. The van der Waals surface area contributed by atoms with E-state index in [0.29, 0.717) is 12.8 Å². The Morgan fingerprint density at radius 3 is 1.19 bits per heavy atom. The molecule has 0 aliphatic carbocycles. The Bertz CT molecular complexity index is 3640. The fourth-order valence-corrected chi connectivity index (χ4v) is 19.0. The quantitative estimate of drug-likeness (QED) is 0.0234. The van der Waals surface area contributed by atoms with E-state index in [9.17, 15) is 151 Å². The third-order valence-corrected chi connectivity index (χ3v) is 26.8. The van der Waals surface area contributed by atoms with Gasteiger partial charge in [-0.15, -0.1) is 0 Å². The molecule has 6 rings (SSSR count). The molecule has 0 aromatic rings. The molecular formula is C94H164N4O42. The number of nitrogens with one attached hydrogen (secondary N) is 4. The largest absolute Gasteiger partial charge is 0.477 e. The molecule has 26 N–H and O–H groups in total. The van der Waals surface area contributed by atoms with Crippen molar-refractivity contribution in [1.29, 1.82) is 0 Å². The minimum atomic E-state index is -3.71. The summed E-state index contributed by atoms with van der Waals surface area (Å²) in [5.74, 6) is -23.5. The summed E-state index contributed by atoms with van der Waals surface area (Å²) in [6.07, 6.45) is -29.1. The van der Waals surface area contributed by atoms with Crippen molar-refractivity contribution >= 4 is 47.3 Å². The number of aliphatic carboxylic acids is 3. The van der Waals surface area contributed by atoms with Gasteiger partial charge in [-0.3, -0.25) is 19.2 Å². The van der Waals surface area contributed by atoms with Crippen molar-refractivity contribution in [3.63, 3.8) is 0 Å². The van der Waals surface area contributed by atoms with Crippen LogP contribution in [0.4, 0.5) is 0 Å². The van der Waals surface area contributed by atoms with Crippen LogP contribution in [-0.2, 0) is 95.2 Å². The van der Waals surface area contributed by atoms with Gasteiger partial charge < -0.3 is 195 Å². The molecule has 4 amide bonds. The maximum Gasteiger partial charge on any atom is 0.364 e. The zero-order valence-electron chi connectivity index (χ0n) is 81.5. The van der Waals surface area contributed by atoms with E-state index in [0.717, 1.165) is 130 Å². The highest BCUT2D eigenvalue weighted by molar-refractivity contribution is 5.79. The molecule has 0 aromatic heterocycles. The predicted octanol–water partition coefficient (Wildman–Crippen LogP) is -1.87. The second kappa shape index (κ2) is 62.6. The highest BCUT2D eigenvalue weighted by Crippen LogP contribution is 2.45. The molecule has 6 aliphatic heterocycles. The molecule has 6 aliphatic rings. The van der Waals surface area contributed by atoms with Gasteiger partial charge in [0.2, 0.25) is 23.6 Å². The molecule has 46 nitrogen and oxygen atoms in total. The number of Topliss-reactive ketones (excluding diaryl/α,β-unsaturated/α-hetero) is 1. The Kier molecular flexibility index (Phi) is 55.0. The summed E-state index contributed by atoms with van der Waals surface area (Å²) in [6.45, 7) is -0.508. The van der Waals surface area contributed by atoms with Crippen LogP contribution in [0.15, 0.2) is 12.2 Å². The van der Waals surface area contributed by atoms with E-state index in [-0.39, 0.29) is 12.8 Å². The maximum absolute atomic E-state index is 14.5. The van der Waals surface area contributed by atoms with E-state index < -0.39 is 332 Å². The summed E-state index contributed by atoms with van der Waals surface area (Å²) in [4.78, 5) is 107. The highest BCUT2D eigenvalue weighted by Gasteiger charge is 2.65. The molecule has 6 fully saturated rings. The van der Waals surface area contributed by atoms with Crippen molar-refractivity contribution in [2.45, 2.75) is 480 Å². The van der Waals surface area contributed by atoms with Crippen molar-refractivity contribution in [3.8, 4) is 0 Å². The lowest BCUT2D eigenvalue weighted by molar-refractivity contribution is -0.404. The number of aliphatic hydroxyl groups excluding tert-OH is 19. The van der Waals surface area contributed by atoms with Crippen LogP contribution in [0, 0.1) is 5.92 Å². The summed E-state index contributed by atoms with van der Waals surface area (Å²) in [7, 11) is 0. The maximum atomic E-state index is 14.5. The SMILES string of the molecule is CCCCCCCC/C=C\CCCCCCCCCCCC(=O)N[C@@H](CO[C@@H]1O[C@H](CO)[C@@H](O[C@@H]2O[C@H](CO)[C@H](O[C@@H]3O[C@H](CO)[C@H](O)[C@H](O)[C@H]3CC(C)=O)[C@H](O[C@]3(C(=O)O)C[C@H](O)[C@@H](NC(C)=O)C([C@H](O)[C@@H](CO)O[C@]4(C(=O)O)C[C@H](O)[C@@H](NC(C)=O)C([C@H](O)[C@@H](CO)O[C@]5(C(=O)O)C[C@H](O)[C@@H](NC(C)=O)C([C@H](O)[C@H](O)CO)O5)O4)O3)[C@H]2O)[C@H](O)[C@H]1O)[C@H](O)CCCCCCCCCCCCCCC. The molecule has 812 valence electrons. The first-order chi connectivity index (χ1) is 66.6. The zero-order chi connectivity index (χ0) is 104. The number of carbonyl (C=O) groups is 8. The van der Waals surface area contributed by atoms with Gasteiger partial charge in [0.25, 0.3) is 17.4 Å². The topological polar surface area (TPSA) is 741 Å². The van der Waals surface area contributed by atoms with Gasteiger partial charge in [0, 0.05) is 58.8 Å². The molecule has 140 heavy (non-hydrogen) atoms. The Morgan fingerprint density at radius 1 is 0.400 bits per heavy atom. The summed E-state index contributed by atoms with van der Waals surface area (Å²) in [5, 5.41) is 262. The van der Waals surface area contributed by atoms with Crippen molar-refractivity contribution in [2.24, 2.45) is 5.92 Å². The first-order valence-corrected chi connectivity index (χ1v) is 50.0. The van der Waals surface area contributed by atoms with Crippen LogP contribution in [0.5, 0.6) is 0 Å². The number of ether oxygens (including phenoxy) is 12. The van der Waals surface area contributed by atoms with Crippen LogP contribution in [-0.4, -0.2) is 413 Å². The fraction of sp³-hybridized carbons (Fsp3) is 0.894. The van der Waals surface area contributed by atoms with E-state index in [1.54, 1.807) is 0 Å². The van der Waals surface area contributed by atoms with Crippen molar-refractivity contribution < 1.29 is 208 Å². The average molecular weight is 2020 g/mol. The Morgan fingerprint density at radius 2 is 0.779 bits per heavy atom. The molecule has 0 saturated carbocycles. The van der Waals surface area contributed by atoms with Crippen molar-refractivity contribution in [2.75, 3.05) is 46.2 Å². The van der Waals surface area contributed by atoms with Crippen LogP contribution in [0.1, 0.15) is 273 Å². The first-order valence-electron chi connectivity index (χ1n) is 50.0. The number of unbranched alkanes of at least 4 members (excludes halogenated alkanes) is 27. The lowest BCUT2D eigenvalue weighted by Gasteiger charge is -2.53. The van der Waals surface area contributed by atoms with Gasteiger partial charge in [-0.2, -0.15) is 0 Å². The van der Waals surface area contributed by atoms with Gasteiger partial charge in [0.05, 0.1) is 101 Å². The van der Waals surface area contributed by atoms with Gasteiger partial charge in [0.1, 0.15) is 122 Å². The van der Waals surface area contributed by atoms with Crippen molar-refractivity contribution in [1.82, 2.24) is 21.3 Å². The number of ketones is 1. The lowest BCUT2D eigenvalue weighted by Crippen LogP contribution is -2.72. The van der Waals surface area contributed by atoms with E-state index >= 15 is 0 Å². The van der Waals surface area contributed by atoms with Gasteiger partial charge in [0.15, 0.2) is 18.9 Å². The number of allylic oxidation sites excluding steroid dienone is 2. The molecule has 0 bridgehead atoms. The predicted molar refractivity (Wildman–Crippen MR) is 488 cm³/mol. The van der Waals surface area contributed by atoms with E-state index in [4.69, 9.17) is 56.8 Å². The third-order valence-electron chi connectivity index (χ3n) is 26.8. The Balaban J connectivity index is 1.29. The number of amides is 4. The molecule has 0 aromatic carbocycles. The zero-order valence-corrected chi connectivity index (χ0v) is 81.5. The number of carbonyl (C=O) groups excluding carboxylic acids is 5. The standard InChI is InChI=1S/C94H164N4O42/c1-7-9-11-13-15-17-19-21-22-23-24-25-26-28-30-32-34-36-38-40-68(114)98-57(58(109)39-37-35-33-31-29-27-20-18-16-14-12-10-8-2)51-129-87-78(121)77(120)80(66(49-103)131-87)133-88-79(122)85(81(67(50-104)132-88)134-86-56(41-52(3)105)72(115)74(117)63(46-100)130-86)140-94(91(127)128)44-61(112)71(97-55(6)108)84(139-94)76(119)65(48-102)136-93(90(125)126)43-60(111)70(96-54(5)107)83(138-93)75(118)64(47-101)135-92(89(123)124)42-59(110)69(95-53(4)106)82(137-92)73(116)62(113)45-99/h21-22,56-67,69-88,99-104,109-113,115-122H,7-20,23-51H2,1-6H3,(H,95,106)(H,96,107)(H,97,108)(H,98,114)(H,123,124)(H,125,126)(H,127,128)/b22-21-/t56-,57+,58-,59+,60+,61+,62-,63-,64-,65-,66-,67-,69-,70-,71-,72-,73-,74+,75-,76-,77-,78-,79-,80-,81+,82?,83?,84?,85-,86+,87-,88+,92-,93-,94+/m1/s1. The van der Waals surface area contributed by atoms with E-state index in [1.807, 2.05) is 0 Å². The van der Waals surface area contributed by atoms with Crippen LogP contribution in [0.25, 0.3) is 0 Å². The number of rotatable bonds is 68. The number of hydrogen-bond acceptors (Lipinski definition) is 39.